The number of esters is 1. The van der Waals surface area contributed by atoms with Gasteiger partial charge in [0.25, 0.3) is 0 Å². The second-order valence-electron chi connectivity index (χ2n) is 7.73. The average molecular weight is 548 g/mol. The predicted molar refractivity (Wildman–Crippen MR) is 108 cm³/mol. The zero-order valence-electron chi connectivity index (χ0n) is 18.5. The van der Waals surface area contributed by atoms with Crippen molar-refractivity contribution in [3.63, 3.8) is 0 Å². The molecule has 1 aliphatic heterocycles. The summed E-state index contributed by atoms with van der Waals surface area (Å²) in [6, 6.07) is 0. The molecule has 2 atom stereocenters. The lowest BCUT2D eigenvalue weighted by atomic mass is 9.85. The maximum atomic E-state index is 10.5. The van der Waals surface area contributed by atoms with Crippen LogP contribution < -0.4 is 0 Å². The second kappa shape index (κ2) is 14.0. The number of ether oxygens (including phenoxy) is 1. The highest BCUT2D eigenvalue weighted by atomic mass is 16.6. The van der Waals surface area contributed by atoms with E-state index in [0.29, 0.717) is 0 Å². The van der Waals surface area contributed by atoms with Crippen molar-refractivity contribution in [3.05, 3.63) is 11.5 Å². The van der Waals surface area contributed by atoms with Gasteiger partial charge in [-0.15, -0.1) is 0 Å². The summed E-state index contributed by atoms with van der Waals surface area (Å²) >= 11 is 0. The van der Waals surface area contributed by atoms with Gasteiger partial charge >= 0.3 is 23.9 Å². The van der Waals surface area contributed by atoms with Crippen molar-refractivity contribution < 1.29 is 95.4 Å². The van der Waals surface area contributed by atoms with Crippen LogP contribution in [0.25, 0.3) is 0 Å². The molecule has 1 heterocycles. The van der Waals surface area contributed by atoms with Crippen molar-refractivity contribution in [1.82, 2.24) is 0 Å². The molecule has 1 saturated carbocycles. The van der Waals surface area contributed by atoms with E-state index in [1.807, 2.05) is 0 Å². The van der Waals surface area contributed by atoms with Gasteiger partial charge < -0.3 is 76.2 Å². The molecule has 0 saturated heterocycles. The monoisotopic (exact) mass is 548 g/mol. The van der Waals surface area contributed by atoms with E-state index in [0.717, 1.165) is 0 Å². The molecular formula is C18H28O19. The molecule has 19 nitrogen and oxygen atoms in total. The fourth-order valence-electron chi connectivity index (χ4n) is 2.75. The Hall–Kier alpha value is -3.14. The minimum absolute atomic E-state index is 0.671. The summed E-state index contributed by atoms with van der Waals surface area (Å²) < 4.78 is 4.32. The molecule has 37 heavy (non-hydrogen) atoms. The molecule has 0 aromatic heterocycles. The van der Waals surface area contributed by atoms with Crippen LogP contribution >= 0.6 is 0 Å². The van der Waals surface area contributed by atoms with Crippen molar-refractivity contribution in [2.75, 3.05) is 6.61 Å². The highest BCUT2D eigenvalue weighted by molar-refractivity contribution is 5.89. The maximum absolute atomic E-state index is 10.5. The Morgan fingerprint density at radius 1 is 0.784 bits per heavy atom. The van der Waals surface area contributed by atoms with Crippen molar-refractivity contribution in [2.45, 2.75) is 67.3 Å². The fraction of sp³-hybridized carbons (Fsp3) is 0.667. The number of aliphatic hydroxyl groups is 11. The van der Waals surface area contributed by atoms with Crippen molar-refractivity contribution in [1.29, 1.82) is 0 Å². The Kier molecular flexibility index (Phi) is 12.8. The van der Waals surface area contributed by atoms with Gasteiger partial charge in [0.2, 0.25) is 5.76 Å². The molecule has 0 aromatic carbocycles. The average Bonchev–Trinajstić information content (AvgIpc) is 3.06. The first kappa shape index (κ1) is 33.9. The molecule has 14 N–H and O–H groups in total. The lowest BCUT2D eigenvalue weighted by Crippen LogP contribution is -2.63. The normalized spacial score (nSPS) is 30.2. The Morgan fingerprint density at radius 2 is 1.11 bits per heavy atom. The largest absolute Gasteiger partial charge is 0.505 e. The van der Waals surface area contributed by atoms with Crippen LogP contribution in [0.4, 0.5) is 0 Å². The van der Waals surface area contributed by atoms with Crippen LogP contribution in [0.2, 0.25) is 0 Å². The van der Waals surface area contributed by atoms with Gasteiger partial charge in [0.15, 0.2) is 17.5 Å². The van der Waals surface area contributed by atoms with E-state index in [9.17, 15) is 19.2 Å². The first-order valence-electron chi connectivity index (χ1n) is 9.92. The van der Waals surface area contributed by atoms with Crippen molar-refractivity contribution >= 4 is 23.9 Å². The molecule has 0 bridgehead atoms. The molecule has 214 valence electrons. The standard InChI is InChI=1S/C6H8O7.C6H8O6.C6H12O6/c7-3(8)1-6(13,5(11)12)2-4(9)10;7-1-2(8)5-3(9)4(10)6(11)12-5;7-1-2(8)4(10)6(12)5(11)3(1)9/h13H,1-2H2,(H,7,8)(H,9,10)(H,11,12);2,5,7-10H,1H2;1-12H/t;2-,5+;/m.0./s1. The van der Waals surface area contributed by atoms with E-state index in [-0.39, 0.29) is 0 Å². The third-order valence-electron chi connectivity index (χ3n) is 4.86. The number of rotatable bonds is 7. The van der Waals surface area contributed by atoms with Crippen LogP contribution in [0, 0.1) is 0 Å². The molecule has 0 unspecified atom stereocenters. The minimum Gasteiger partial charge on any atom is -0.505 e. The van der Waals surface area contributed by atoms with Gasteiger partial charge in [-0.05, 0) is 0 Å². The number of hydrogen-bond donors (Lipinski definition) is 14. The quantitative estimate of drug-likeness (QED) is 0.131. The summed E-state index contributed by atoms with van der Waals surface area (Å²) in [4.78, 5) is 41.0. The van der Waals surface area contributed by atoms with Crippen LogP contribution in [0.3, 0.4) is 0 Å². The van der Waals surface area contributed by atoms with Gasteiger partial charge in [0, 0.05) is 0 Å². The van der Waals surface area contributed by atoms with Crippen LogP contribution in [0.5, 0.6) is 0 Å². The highest BCUT2D eigenvalue weighted by Crippen LogP contribution is 2.22. The Bertz CT molecular complexity index is 779. The van der Waals surface area contributed by atoms with E-state index < -0.39 is 109 Å². The third kappa shape index (κ3) is 9.03. The molecular weight excluding hydrogens is 520 g/mol. The number of carbonyl (C=O) groups is 4. The van der Waals surface area contributed by atoms with Gasteiger partial charge in [0.1, 0.15) is 42.7 Å². The minimum atomic E-state index is -2.74. The molecule has 1 aliphatic carbocycles. The van der Waals surface area contributed by atoms with Crippen molar-refractivity contribution in [3.8, 4) is 0 Å². The Labute approximate surface area is 205 Å². The fourth-order valence-corrected chi connectivity index (χ4v) is 2.75. The topological polar surface area (TPSA) is 361 Å². The smallest absolute Gasteiger partial charge is 0.377 e. The molecule has 0 spiro atoms. The van der Waals surface area contributed by atoms with Gasteiger partial charge in [-0.3, -0.25) is 9.59 Å². The SMILES string of the molecule is O=C(O)CC(O)(CC(=O)O)C(=O)O.O=C1O[C@H]([C@@H](O)CO)C(O)=C1O.OC1C(O)C(O)C(O)C(O)C1O. The van der Waals surface area contributed by atoms with E-state index in [1.54, 1.807) is 0 Å². The Morgan fingerprint density at radius 3 is 1.30 bits per heavy atom. The molecule has 0 aromatic rings. The molecule has 0 amide bonds. The van der Waals surface area contributed by atoms with Crippen molar-refractivity contribution in [2.24, 2.45) is 0 Å². The Balaban J connectivity index is 0.000000526. The van der Waals surface area contributed by atoms with Crippen LogP contribution in [0.1, 0.15) is 12.8 Å². The van der Waals surface area contributed by atoms with E-state index in [2.05, 4.69) is 4.74 Å². The van der Waals surface area contributed by atoms with E-state index in [4.69, 9.17) is 71.5 Å². The molecule has 1 fully saturated rings. The maximum Gasteiger partial charge on any atom is 0.377 e. The number of carboxylic acids is 3. The second-order valence-corrected chi connectivity index (χ2v) is 7.73. The molecule has 2 aliphatic rings. The number of cyclic esters (lactones) is 1. The summed E-state index contributed by atoms with van der Waals surface area (Å²) in [6.07, 6.45) is -14.9. The molecule has 2 rings (SSSR count). The lowest BCUT2D eigenvalue weighted by Gasteiger charge is -2.39. The molecule has 19 heteroatoms. The number of aliphatic carboxylic acids is 3. The summed E-state index contributed by atoms with van der Waals surface area (Å²) in [5.74, 6) is -7.80. The first-order chi connectivity index (χ1) is 16.8. The van der Waals surface area contributed by atoms with Crippen LogP contribution in [-0.4, -0.2) is 156 Å². The third-order valence-corrected chi connectivity index (χ3v) is 4.86. The van der Waals surface area contributed by atoms with Gasteiger partial charge in [-0.1, -0.05) is 0 Å². The van der Waals surface area contributed by atoms with E-state index in [1.165, 1.54) is 0 Å². The van der Waals surface area contributed by atoms with Gasteiger partial charge in [-0.25, -0.2) is 9.59 Å². The highest BCUT2D eigenvalue weighted by Gasteiger charge is 2.47. The zero-order valence-corrected chi connectivity index (χ0v) is 18.5. The molecule has 0 radical (unpaired) electrons. The van der Waals surface area contributed by atoms with Gasteiger partial charge in [0.05, 0.1) is 19.4 Å². The van der Waals surface area contributed by atoms with E-state index >= 15 is 0 Å². The summed E-state index contributed by atoms with van der Waals surface area (Å²) in [6.45, 7) is -0.671. The number of aliphatic hydroxyl groups excluding tert-OH is 10. The first-order valence-corrected chi connectivity index (χ1v) is 9.92. The lowest BCUT2D eigenvalue weighted by molar-refractivity contribution is -0.223. The number of carboxylic acid groups (broad SMARTS) is 3. The van der Waals surface area contributed by atoms with Crippen LogP contribution in [-0.2, 0) is 23.9 Å². The number of carbonyl (C=O) groups excluding carboxylic acids is 1. The number of hydrogen-bond acceptors (Lipinski definition) is 16. The van der Waals surface area contributed by atoms with Crippen LogP contribution in [0.15, 0.2) is 11.5 Å². The summed E-state index contributed by atoms with van der Waals surface area (Å²) in [5.41, 5.74) is -2.74. The summed E-state index contributed by atoms with van der Waals surface area (Å²) in [7, 11) is 0. The van der Waals surface area contributed by atoms with Gasteiger partial charge in [-0.2, -0.15) is 0 Å². The summed E-state index contributed by atoms with van der Waals surface area (Å²) in [5, 5.41) is 123. The zero-order chi connectivity index (χ0) is 29.4. The predicted octanol–water partition coefficient (Wildman–Crippen LogP) is -6.49.